The molecule has 3 heteroatoms. The molecule has 1 amide bonds. The van der Waals surface area contributed by atoms with Gasteiger partial charge in [0.05, 0.1) is 0 Å². The smallest absolute Gasteiger partial charge is 0.220 e. The van der Waals surface area contributed by atoms with Crippen molar-refractivity contribution in [2.45, 2.75) is 32.6 Å². The molecule has 1 unspecified atom stereocenters. The van der Waals surface area contributed by atoms with Crippen molar-refractivity contribution in [1.29, 1.82) is 0 Å². The normalized spacial score (nSPS) is 19.2. The van der Waals surface area contributed by atoms with E-state index in [1.165, 1.54) is 19.3 Å². The Morgan fingerprint density at radius 3 is 2.77 bits per heavy atom. The monoisotopic (exact) mass is 184 g/mol. The minimum Gasteiger partial charge on any atom is -0.356 e. The van der Waals surface area contributed by atoms with Gasteiger partial charge in [-0.25, -0.2) is 0 Å². The van der Waals surface area contributed by atoms with E-state index >= 15 is 0 Å². The molecule has 1 aliphatic rings. The first-order valence-corrected chi connectivity index (χ1v) is 5.19. The van der Waals surface area contributed by atoms with Crippen LogP contribution in [0.3, 0.4) is 0 Å². The maximum Gasteiger partial charge on any atom is 0.220 e. The van der Waals surface area contributed by atoms with Gasteiger partial charge in [-0.2, -0.15) is 0 Å². The van der Waals surface area contributed by atoms with Crippen molar-refractivity contribution in [3.05, 3.63) is 0 Å². The average Bonchev–Trinajstić information content (AvgIpc) is 2.01. The molecule has 3 N–H and O–H groups in total. The lowest BCUT2D eigenvalue weighted by molar-refractivity contribution is -0.122. The zero-order chi connectivity index (χ0) is 9.68. The third-order valence-electron chi connectivity index (χ3n) is 2.75. The van der Waals surface area contributed by atoms with Crippen molar-refractivity contribution < 1.29 is 4.79 Å². The molecular weight excluding hydrogens is 164 g/mol. The second-order valence-corrected chi connectivity index (χ2v) is 4.15. The Bertz CT molecular complexity index is 166. The molecule has 1 atom stereocenters. The van der Waals surface area contributed by atoms with Crippen LogP contribution >= 0.6 is 0 Å². The van der Waals surface area contributed by atoms with Crippen LogP contribution in [0, 0.1) is 11.8 Å². The summed E-state index contributed by atoms with van der Waals surface area (Å²) in [6.07, 6.45) is 4.47. The zero-order valence-corrected chi connectivity index (χ0v) is 8.38. The first-order chi connectivity index (χ1) is 6.22. The summed E-state index contributed by atoms with van der Waals surface area (Å²) in [5, 5.41) is 2.96. The van der Waals surface area contributed by atoms with Gasteiger partial charge in [0.1, 0.15) is 0 Å². The number of carbonyl (C=O) groups excluding carboxylic acids is 1. The quantitative estimate of drug-likeness (QED) is 0.666. The molecule has 76 valence electrons. The molecule has 1 rings (SSSR count). The second kappa shape index (κ2) is 5.22. The van der Waals surface area contributed by atoms with Crippen molar-refractivity contribution in [3.63, 3.8) is 0 Å². The Morgan fingerprint density at radius 2 is 2.31 bits per heavy atom. The van der Waals surface area contributed by atoms with Crippen LogP contribution < -0.4 is 11.1 Å². The van der Waals surface area contributed by atoms with E-state index in [1.807, 2.05) is 6.92 Å². The van der Waals surface area contributed by atoms with Crippen LogP contribution in [0.5, 0.6) is 0 Å². The van der Waals surface area contributed by atoms with E-state index in [4.69, 9.17) is 5.73 Å². The highest BCUT2D eigenvalue weighted by Gasteiger charge is 2.18. The van der Waals surface area contributed by atoms with Gasteiger partial charge in [0, 0.05) is 13.0 Å². The molecule has 3 nitrogen and oxygen atoms in total. The lowest BCUT2D eigenvalue weighted by atomic mass is 9.85. The number of rotatable bonds is 5. The third-order valence-corrected chi connectivity index (χ3v) is 2.75. The summed E-state index contributed by atoms with van der Waals surface area (Å²) in [6.45, 7) is 3.47. The van der Waals surface area contributed by atoms with Gasteiger partial charge in [0.25, 0.3) is 0 Å². The highest BCUT2D eigenvalue weighted by atomic mass is 16.1. The summed E-state index contributed by atoms with van der Waals surface area (Å²) < 4.78 is 0. The molecule has 0 aromatic heterocycles. The number of nitrogens with two attached hydrogens (primary N) is 1. The van der Waals surface area contributed by atoms with E-state index in [1.54, 1.807) is 0 Å². The van der Waals surface area contributed by atoms with Crippen LogP contribution in [-0.4, -0.2) is 19.0 Å². The first kappa shape index (κ1) is 10.5. The summed E-state index contributed by atoms with van der Waals surface area (Å²) in [5.41, 5.74) is 5.43. The van der Waals surface area contributed by atoms with Crippen LogP contribution in [0.15, 0.2) is 0 Å². The molecule has 1 saturated carbocycles. The van der Waals surface area contributed by atoms with E-state index in [0.717, 1.165) is 12.5 Å². The largest absolute Gasteiger partial charge is 0.356 e. The zero-order valence-electron chi connectivity index (χ0n) is 8.38. The summed E-state index contributed by atoms with van der Waals surface area (Å²) in [7, 11) is 0. The molecule has 0 spiro atoms. The molecule has 0 heterocycles. The van der Waals surface area contributed by atoms with E-state index < -0.39 is 0 Å². The van der Waals surface area contributed by atoms with Gasteiger partial charge in [-0.05, 0) is 31.2 Å². The highest BCUT2D eigenvalue weighted by molar-refractivity contribution is 5.76. The minimum absolute atomic E-state index is 0.157. The van der Waals surface area contributed by atoms with Gasteiger partial charge >= 0.3 is 0 Å². The Morgan fingerprint density at radius 1 is 1.62 bits per heavy atom. The number of hydrogen-bond acceptors (Lipinski definition) is 2. The lowest BCUT2D eigenvalue weighted by Crippen LogP contribution is -2.33. The van der Waals surface area contributed by atoms with Crippen molar-refractivity contribution >= 4 is 5.91 Å². The van der Waals surface area contributed by atoms with E-state index in [0.29, 0.717) is 18.9 Å². The summed E-state index contributed by atoms with van der Waals surface area (Å²) in [5.74, 6) is 1.21. The van der Waals surface area contributed by atoms with Gasteiger partial charge in [0.2, 0.25) is 5.91 Å². The molecule has 0 aliphatic heterocycles. The van der Waals surface area contributed by atoms with E-state index in [2.05, 4.69) is 5.32 Å². The molecule has 0 bridgehead atoms. The summed E-state index contributed by atoms with van der Waals surface area (Å²) in [4.78, 5) is 11.3. The molecule has 0 saturated heterocycles. The fourth-order valence-electron chi connectivity index (χ4n) is 1.43. The molecule has 0 aromatic carbocycles. The predicted molar refractivity (Wildman–Crippen MR) is 53.2 cm³/mol. The average molecular weight is 184 g/mol. The van der Waals surface area contributed by atoms with Gasteiger partial charge in [-0.15, -0.1) is 0 Å². The van der Waals surface area contributed by atoms with Gasteiger partial charge in [-0.1, -0.05) is 13.3 Å². The van der Waals surface area contributed by atoms with Gasteiger partial charge in [-0.3, -0.25) is 4.79 Å². The Labute approximate surface area is 80.1 Å². The molecule has 1 aliphatic carbocycles. The minimum atomic E-state index is 0.157. The molecule has 0 radical (unpaired) electrons. The third kappa shape index (κ3) is 3.77. The topological polar surface area (TPSA) is 55.1 Å². The highest BCUT2D eigenvalue weighted by Crippen LogP contribution is 2.25. The number of amides is 1. The molecule has 1 fully saturated rings. The Kier molecular flexibility index (Phi) is 4.22. The molecule has 13 heavy (non-hydrogen) atoms. The summed E-state index contributed by atoms with van der Waals surface area (Å²) >= 11 is 0. The SMILES string of the molecule is CC(CN)CC(=O)NCC1CCC1. The standard InChI is InChI=1S/C10H20N2O/c1-8(6-11)5-10(13)12-7-9-3-2-4-9/h8-9H,2-7,11H2,1H3,(H,12,13). The Balaban J connectivity index is 2.03. The summed E-state index contributed by atoms with van der Waals surface area (Å²) in [6, 6.07) is 0. The number of carbonyl (C=O) groups is 1. The first-order valence-electron chi connectivity index (χ1n) is 5.19. The Hall–Kier alpha value is -0.570. The van der Waals surface area contributed by atoms with Crippen molar-refractivity contribution in [3.8, 4) is 0 Å². The van der Waals surface area contributed by atoms with Gasteiger partial charge < -0.3 is 11.1 Å². The fourth-order valence-corrected chi connectivity index (χ4v) is 1.43. The van der Waals surface area contributed by atoms with Gasteiger partial charge in [0.15, 0.2) is 0 Å². The van der Waals surface area contributed by atoms with Crippen LogP contribution in [0.1, 0.15) is 32.6 Å². The van der Waals surface area contributed by atoms with Crippen molar-refractivity contribution in [2.24, 2.45) is 17.6 Å². The molecular formula is C10H20N2O. The maximum atomic E-state index is 11.3. The van der Waals surface area contributed by atoms with Crippen LogP contribution in [0.25, 0.3) is 0 Å². The van der Waals surface area contributed by atoms with Crippen molar-refractivity contribution in [1.82, 2.24) is 5.32 Å². The van der Waals surface area contributed by atoms with Crippen molar-refractivity contribution in [2.75, 3.05) is 13.1 Å². The van der Waals surface area contributed by atoms with E-state index in [9.17, 15) is 4.79 Å². The van der Waals surface area contributed by atoms with Crippen LogP contribution in [-0.2, 0) is 4.79 Å². The van der Waals surface area contributed by atoms with Crippen LogP contribution in [0.2, 0.25) is 0 Å². The number of hydrogen-bond donors (Lipinski definition) is 2. The maximum absolute atomic E-state index is 11.3. The molecule has 0 aromatic rings. The number of nitrogens with one attached hydrogen (secondary N) is 1. The van der Waals surface area contributed by atoms with E-state index in [-0.39, 0.29) is 5.91 Å². The van der Waals surface area contributed by atoms with Crippen LogP contribution in [0.4, 0.5) is 0 Å². The lowest BCUT2D eigenvalue weighted by Gasteiger charge is -2.25. The predicted octanol–water partition coefficient (Wildman–Crippen LogP) is 0.888. The second-order valence-electron chi connectivity index (χ2n) is 4.15. The fraction of sp³-hybridized carbons (Fsp3) is 0.900.